The standard InChI is InChI=1S/C21H23N3O2/c1-21(2,3)17-11-7-8-12-18(17)26-15-20(25)22-19-13-14-24(23-19)16-9-5-4-6-10-16/h4-14H,15H2,1-3H3,(H,22,23,25). The first-order valence-corrected chi connectivity index (χ1v) is 8.57. The van der Waals surface area contributed by atoms with Crippen LogP contribution in [0.2, 0.25) is 0 Å². The van der Waals surface area contributed by atoms with Crippen LogP contribution in [-0.2, 0) is 10.2 Å². The van der Waals surface area contributed by atoms with Gasteiger partial charge in [-0.3, -0.25) is 4.79 Å². The number of hydrogen-bond acceptors (Lipinski definition) is 3. The van der Waals surface area contributed by atoms with Crippen LogP contribution >= 0.6 is 0 Å². The molecule has 1 aromatic heterocycles. The Morgan fingerprint density at radius 1 is 1.04 bits per heavy atom. The van der Waals surface area contributed by atoms with Gasteiger partial charge in [-0.15, -0.1) is 0 Å². The Balaban J connectivity index is 1.62. The van der Waals surface area contributed by atoms with Crippen LogP contribution in [0.4, 0.5) is 5.82 Å². The molecule has 0 aliphatic rings. The highest BCUT2D eigenvalue weighted by atomic mass is 16.5. The highest BCUT2D eigenvalue weighted by Crippen LogP contribution is 2.30. The van der Waals surface area contributed by atoms with Crippen LogP contribution in [0.1, 0.15) is 26.3 Å². The van der Waals surface area contributed by atoms with Crippen LogP contribution in [-0.4, -0.2) is 22.3 Å². The van der Waals surface area contributed by atoms with Crippen LogP contribution in [0, 0.1) is 0 Å². The fourth-order valence-corrected chi connectivity index (χ4v) is 2.65. The minimum Gasteiger partial charge on any atom is -0.483 e. The third kappa shape index (κ3) is 4.30. The first-order valence-electron chi connectivity index (χ1n) is 8.57. The van der Waals surface area contributed by atoms with Gasteiger partial charge in [0.15, 0.2) is 12.4 Å². The zero-order valence-corrected chi connectivity index (χ0v) is 15.3. The predicted octanol–water partition coefficient (Wildman–Crippen LogP) is 4.19. The number of nitrogens with zero attached hydrogens (tertiary/aromatic N) is 2. The van der Waals surface area contributed by atoms with Gasteiger partial charge < -0.3 is 10.1 Å². The Kier molecular flexibility index (Phi) is 5.07. The smallest absolute Gasteiger partial charge is 0.263 e. The quantitative estimate of drug-likeness (QED) is 0.751. The van der Waals surface area contributed by atoms with Crippen LogP contribution in [0.15, 0.2) is 66.9 Å². The number of ether oxygens (including phenoxy) is 1. The molecule has 0 radical (unpaired) electrons. The second kappa shape index (κ2) is 7.44. The highest BCUT2D eigenvalue weighted by Gasteiger charge is 2.19. The van der Waals surface area contributed by atoms with Gasteiger partial charge in [0.2, 0.25) is 0 Å². The van der Waals surface area contributed by atoms with Gasteiger partial charge in [-0.2, -0.15) is 5.10 Å². The Morgan fingerprint density at radius 2 is 1.73 bits per heavy atom. The van der Waals surface area contributed by atoms with Crippen molar-refractivity contribution in [2.45, 2.75) is 26.2 Å². The van der Waals surface area contributed by atoms with Crippen molar-refractivity contribution in [2.75, 3.05) is 11.9 Å². The monoisotopic (exact) mass is 349 g/mol. The van der Waals surface area contributed by atoms with E-state index in [1.54, 1.807) is 16.9 Å². The maximum Gasteiger partial charge on any atom is 0.263 e. The van der Waals surface area contributed by atoms with E-state index < -0.39 is 0 Å². The fourth-order valence-electron chi connectivity index (χ4n) is 2.65. The third-order valence-electron chi connectivity index (χ3n) is 3.93. The van der Waals surface area contributed by atoms with Crippen LogP contribution in [0.5, 0.6) is 5.75 Å². The summed E-state index contributed by atoms with van der Waals surface area (Å²) in [6.45, 7) is 6.29. The van der Waals surface area contributed by atoms with Gasteiger partial charge >= 0.3 is 0 Å². The molecular formula is C21H23N3O2. The second-order valence-electron chi connectivity index (χ2n) is 7.06. The van der Waals surface area contributed by atoms with E-state index in [1.807, 2.05) is 54.6 Å². The normalized spacial score (nSPS) is 11.2. The van der Waals surface area contributed by atoms with E-state index >= 15 is 0 Å². The van der Waals surface area contributed by atoms with E-state index in [-0.39, 0.29) is 17.9 Å². The Morgan fingerprint density at radius 3 is 2.46 bits per heavy atom. The Labute approximate surface area is 153 Å². The zero-order chi connectivity index (χ0) is 18.6. The molecule has 3 aromatic rings. The van der Waals surface area contributed by atoms with Crippen molar-refractivity contribution in [3.63, 3.8) is 0 Å². The molecule has 0 bridgehead atoms. The number of benzene rings is 2. The van der Waals surface area contributed by atoms with E-state index in [4.69, 9.17) is 4.74 Å². The minimum absolute atomic E-state index is 0.0540. The summed E-state index contributed by atoms with van der Waals surface area (Å²) in [5.41, 5.74) is 1.95. The SMILES string of the molecule is CC(C)(C)c1ccccc1OCC(=O)Nc1ccn(-c2ccccc2)n1. The summed E-state index contributed by atoms with van der Waals surface area (Å²) in [5, 5.41) is 7.13. The van der Waals surface area contributed by atoms with Crippen LogP contribution in [0.3, 0.4) is 0 Å². The number of hydrogen-bond donors (Lipinski definition) is 1. The van der Waals surface area contributed by atoms with Crippen LogP contribution < -0.4 is 10.1 Å². The van der Waals surface area contributed by atoms with Crippen molar-refractivity contribution < 1.29 is 9.53 Å². The molecule has 5 nitrogen and oxygen atoms in total. The predicted molar refractivity (Wildman–Crippen MR) is 103 cm³/mol. The van der Waals surface area contributed by atoms with Crippen LogP contribution in [0.25, 0.3) is 5.69 Å². The average Bonchev–Trinajstić information content (AvgIpc) is 3.09. The third-order valence-corrected chi connectivity index (χ3v) is 3.93. The number of aromatic nitrogens is 2. The first kappa shape index (κ1) is 17.7. The molecule has 1 heterocycles. The van der Waals surface area contributed by atoms with E-state index in [2.05, 4.69) is 31.2 Å². The van der Waals surface area contributed by atoms with E-state index in [9.17, 15) is 4.79 Å². The lowest BCUT2D eigenvalue weighted by Crippen LogP contribution is -2.22. The van der Waals surface area contributed by atoms with Crippen molar-refractivity contribution in [3.05, 3.63) is 72.4 Å². The first-order chi connectivity index (χ1) is 12.4. The molecule has 0 saturated heterocycles. The summed E-state index contributed by atoms with van der Waals surface area (Å²) in [5.74, 6) is 0.976. The number of amides is 1. The average molecular weight is 349 g/mol. The van der Waals surface area contributed by atoms with E-state index in [1.165, 1.54) is 0 Å². The van der Waals surface area contributed by atoms with Gasteiger partial charge in [0.25, 0.3) is 5.91 Å². The molecular weight excluding hydrogens is 326 g/mol. The molecule has 5 heteroatoms. The van der Waals surface area contributed by atoms with Gasteiger partial charge in [-0.05, 0) is 29.2 Å². The molecule has 0 aliphatic heterocycles. The van der Waals surface area contributed by atoms with Gasteiger partial charge in [-0.25, -0.2) is 4.68 Å². The molecule has 1 N–H and O–H groups in total. The van der Waals surface area contributed by atoms with Gasteiger partial charge in [0.1, 0.15) is 5.75 Å². The lowest BCUT2D eigenvalue weighted by molar-refractivity contribution is -0.118. The molecule has 0 atom stereocenters. The van der Waals surface area contributed by atoms with Crippen molar-refractivity contribution in [3.8, 4) is 11.4 Å². The van der Waals surface area contributed by atoms with Crippen molar-refractivity contribution >= 4 is 11.7 Å². The maximum atomic E-state index is 12.2. The molecule has 0 spiro atoms. The second-order valence-corrected chi connectivity index (χ2v) is 7.06. The zero-order valence-electron chi connectivity index (χ0n) is 15.3. The topological polar surface area (TPSA) is 56.1 Å². The largest absolute Gasteiger partial charge is 0.483 e. The number of carbonyl (C=O) groups excluding carboxylic acids is 1. The molecule has 134 valence electrons. The van der Waals surface area contributed by atoms with Crippen molar-refractivity contribution in [1.82, 2.24) is 9.78 Å². The molecule has 0 aliphatic carbocycles. The molecule has 2 aromatic carbocycles. The van der Waals surface area contributed by atoms with Gasteiger partial charge in [0.05, 0.1) is 5.69 Å². The Hall–Kier alpha value is -3.08. The number of carbonyl (C=O) groups is 1. The lowest BCUT2D eigenvalue weighted by Gasteiger charge is -2.22. The number of nitrogens with one attached hydrogen (secondary N) is 1. The number of rotatable bonds is 5. The lowest BCUT2D eigenvalue weighted by atomic mass is 9.86. The number of para-hydroxylation sites is 2. The molecule has 26 heavy (non-hydrogen) atoms. The van der Waals surface area contributed by atoms with Crippen molar-refractivity contribution in [2.24, 2.45) is 0 Å². The summed E-state index contributed by atoms with van der Waals surface area (Å²) in [4.78, 5) is 12.2. The fraction of sp³-hybridized carbons (Fsp3) is 0.238. The molecule has 0 saturated carbocycles. The summed E-state index contributed by atoms with van der Waals surface area (Å²) in [6, 6.07) is 19.3. The summed E-state index contributed by atoms with van der Waals surface area (Å²) in [6.07, 6.45) is 1.81. The molecule has 0 unspecified atom stereocenters. The molecule has 0 fully saturated rings. The summed E-state index contributed by atoms with van der Waals surface area (Å²) in [7, 11) is 0. The van der Waals surface area contributed by atoms with E-state index in [0.29, 0.717) is 5.82 Å². The summed E-state index contributed by atoms with van der Waals surface area (Å²) < 4.78 is 7.46. The van der Waals surface area contributed by atoms with Gasteiger partial charge in [0, 0.05) is 12.3 Å². The highest BCUT2D eigenvalue weighted by molar-refractivity contribution is 5.90. The Bertz CT molecular complexity index is 880. The minimum atomic E-state index is -0.243. The van der Waals surface area contributed by atoms with Crippen molar-refractivity contribution in [1.29, 1.82) is 0 Å². The van der Waals surface area contributed by atoms with E-state index in [0.717, 1.165) is 17.0 Å². The summed E-state index contributed by atoms with van der Waals surface area (Å²) >= 11 is 0. The number of anilines is 1. The maximum absolute atomic E-state index is 12.2. The molecule has 1 amide bonds. The van der Waals surface area contributed by atoms with Gasteiger partial charge in [-0.1, -0.05) is 57.2 Å². The molecule has 3 rings (SSSR count).